The Bertz CT molecular complexity index is 1200. The second kappa shape index (κ2) is 9.53. The minimum atomic E-state index is -0.0446. The molecule has 4 aromatic rings. The van der Waals surface area contributed by atoms with Crippen LogP contribution in [0.1, 0.15) is 24.6 Å². The average molecular weight is 453 g/mol. The molecule has 2 heterocycles. The molecule has 6 nitrogen and oxygen atoms in total. The summed E-state index contributed by atoms with van der Waals surface area (Å²) in [6.07, 6.45) is 0.414. The number of anilines is 1. The summed E-state index contributed by atoms with van der Waals surface area (Å²) in [5.74, 6) is 2.04. The minimum Gasteiger partial charge on any atom is -0.492 e. The number of amides is 1. The van der Waals surface area contributed by atoms with Crippen LogP contribution in [0.15, 0.2) is 53.4 Å². The molecule has 0 saturated heterocycles. The molecule has 0 bridgehead atoms. The monoisotopic (exact) mass is 452 g/mol. The number of thioether (sulfide) groups is 1. The van der Waals surface area contributed by atoms with Crippen LogP contribution >= 0.6 is 23.1 Å². The van der Waals surface area contributed by atoms with Crippen LogP contribution in [0.4, 0.5) is 5.82 Å². The van der Waals surface area contributed by atoms with Gasteiger partial charge in [0.05, 0.1) is 17.0 Å². The van der Waals surface area contributed by atoms with Crippen molar-refractivity contribution in [1.29, 1.82) is 0 Å². The van der Waals surface area contributed by atoms with E-state index in [9.17, 15) is 4.79 Å². The molecule has 0 radical (unpaired) electrons. The Hall–Kier alpha value is -2.84. The molecule has 0 aliphatic rings. The van der Waals surface area contributed by atoms with Crippen molar-refractivity contribution in [2.75, 3.05) is 17.7 Å². The zero-order valence-corrected chi connectivity index (χ0v) is 19.3. The fourth-order valence-corrected chi connectivity index (χ4v) is 4.91. The number of hydrogen-bond acceptors (Lipinski definition) is 6. The highest BCUT2D eigenvalue weighted by atomic mass is 32.2. The van der Waals surface area contributed by atoms with Gasteiger partial charge in [-0.3, -0.25) is 4.79 Å². The Morgan fingerprint density at radius 3 is 2.77 bits per heavy atom. The van der Waals surface area contributed by atoms with Crippen LogP contribution in [-0.2, 0) is 4.79 Å². The first-order valence-electron chi connectivity index (χ1n) is 10.1. The van der Waals surface area contributed by atoms with Crippen LogP contribution < -0.4 is 10.1 Å². The zero-order valence-electron chi connectivity index (χ0n) is 17.7. The van der Waals surface area contributed by atoms with Crippen LogP contribution in [-0.4, -0.2) is 33.0 Å². The van der Waals surface area contributed by atoms with Gasteiger partial charge in [0.15, 0.2) is 0 Å². The standard InChI is InChI=1S/C23H24N4O2S2/c1-4-29-18-6-5-7-19-22(18)25-23(31-19)27-20(14-16(3)26-27)24-21(28)12-13-30-17-10-8-15(2)9-11-17/h5-11,14H,4,12-13H2,1-3H3,(H,24,28). The number of nitrogens with one attached hydrogen (secondary N) is 1. The second-order valence-corrected chi connectivity index (χ2v) is 9.25. The molecule has 0 fully saturated rings. The third-order valence-corrected chi connectivity index (χ3v) is 6.58. The zero-order chi connectivity index (χ0) is 21.8. The number of ether oxygens (including phenoxy) is 1. The number of rotatable bonds is 8. The molecule has 160 valence electrons. The molecule has 1 amide bonds. The van der Waals surface area contributed by atoms with E-state index in [0.29, 0.717) is 29.7 Å². The fourth-order valence-electron chi connectivity index (χ4n) is 3.11. The van der Waals surface area contributed by atoms with Gasteiger partial charge < -0.3 is 10.1 Å². The van der Waals surface area contributed by atoms with Gasteiger partial charge in [-0.25, -0.2) is 4.98 Å². The van der Waals surface area contributed by atoms with Crippen molar-refractivity contribution in [3.8, 4) is 10.9 Å². The summed E-state index contributed by atoms with van der Waals surface area (Å²) in [6.45, 7) is 6.50. The van der Waals surface area contributed by atoms with Crippen LogP contribution in [0.3, 0.4) is 0 Å². The molecular formula is C23H24N4O2S2. The number of para-hydroxylation sites is 1. The third kappa shape index (κ3) is 5.08. The number of fused-ring (bicyclic) bond motifs is 1. The van der Waals surface area contributed by atoms with E-state index in [1.54, 1.807) is 16.4 Å². The van der Waals surface area contributed by atoms with Crippen molar-refractivity contribution in [3.63, 3.8) is 0 Å². The summed E-state index contributed by atoms with van der Waals surface area (Å²) in [5.41, 5.74) is 2.85. The number of nitrogens with zero attached hydrogens (tertiary/aromatic N) is 3. The third-order valence-electron chi connectivity index (χ3n) is 4.57. The number of hydrogen-bond donors (Lipinski definition) is 1. The maximum atomic E-state index is 12.6. The summed E-state index contributed by atoms with van der Waals surface area (Å²) in [4.78, 5) is 18.5. The van der Waals surface area contributed by atoms with Crippen LogP contribution in [0.25, 0.3) is 15.3 Å². The van der Waals surface area contributed by atoms with Crippen LogP contribution in [0, 0.1) is 13.8 Å². The number of benzene rings is 2. The lowest BCUT2D eigenvalue weighted by molar-refractivity contribution is -0.115. The number of thiazole rings is 1. The number of aryl methyl sites for hydroxylation is 2. The molecule has 0 atom stereocenters. The average Bonchev–Trinajstić information content (AvgIpc) is 3.33. The van der Waals surface area contributed by atoms with Gasteiger partial charge in [-0.2, -0.15) is 9.78 Å². The van der Waals surface area contributed by atoms with Gasteiger partial charge in [-0.05, 0) is 45.0 Å². The van der Waals surface area contributed by atoms with Crippen molar-refractivity contribution >= 4 is 45.0 Å². The Morgan fingerprint density at radius 2 is 2.00 bits per heavy atom. The largest absolute Gasteiger partial charge is 0.492 e. The Morgan fingerprint density at radius 1 is 1.19 bits per heavy atom. The predicted molar refractivity (Wildman–Crippen MR) is 128 cm³/mol. The van der Waals surface area contributed by atoms with Crippen molar-refractivity contribution in [1.82, 2.24) is 14.8 Å². The normalized spacial score (nSPS) is 11.1. The highest BCUT2D eigenvalue weighted by molar-refractivity contribution is 7.99. The van der Waals surface area contributed by atoms with Gasteiger partial charge in [0.2, 0.25) is 11.0 Å². The first kappa shape index (κ1) is 21.4. The molecule has 2 aromatic heterocycles. The lowest BCUT2D eigenvalue weighted by Crippen LogP contribution is -2.15. The first-order valence-corrected chi connectivity index (χ1v) is 11.9. The van der Waals surface area contributed by atoms with Gasteiger partial charge >= 0.3 is 0 Å². The smallest absolute Gasteiger partial charge is 0.226 e. The van der Waals surface area contributed by atoms with Gasteiger partial charge in [0.1, 0.15) is 17.1 Å². The van der Waals surface area contributed by atoms with Gasteiger partial charge in [-0.1, -0.05) is 35.1 Å². The topological polar surface area (TPSA) is 69.0 Å². The van der Waals surface area contributed by atoms with Crippen molar-refractivity contribution in [2.24, 2.45) is 0 Å². The lowest BCUT2D eigenvalue weighted by Gasteiger charge is -2.07. The summed E-state index contributed by atoms with van der Waals surface area (Å²) in [7, 11) is 0. The predicted octanol–water partition coefficient (Wildman–Crippen LogP) is 5.62. The van der Waals surface area contributed by atoms with E-state index in [1.807, 2.05) is 38.1 Å². The minimum absolute atomic E-state index is 0.0446. The summed E-state index contributed by atoms with van der Waals surface area (Å²) < 4.78 is 8.41. The van der Waals surface area contributed by atoms with Crippen molar-refractivity contribution < 1.29 is 9.53 Å². The summed E-state index contributed by atoms with van der Waals surface area (Å²) in [6, 6.07) is 16.1. The Kier molecular flexibility index (Phi) is 6.58. The highest BCUT2D eigenvalue weighted by Gasteiger charge is 2.16. The first-order chi connectivity index (χ1) is 15.0. The second-order valence-electron chi connectivity index (χ2n) is 7.07. The number of aromatic nitrogens is 3. The maximum Gasteiger partial charge on any atom is 0.226 e. The molecule has 0 aliphatic carbocycles. The molecular weight excluding hydrogens is 428 g/mol. The Labute approximate surface area is 189 Å². The SMILES string of the molecule is CCOc1cccc2sc(-n3nc(C)cc3NC(=O)CCSc3ccc(C)cc3)nc12. The van der Waals surface area contributed by atoms with Gasteiger partial charge in [-0.15, -0.1) is 11.8 Å². The quantitative estimate of drug-likeness (QED) is 0.352. The molecule has 0 spiro atoms. The van der Waals surface area contributed by atoms with Crippen molar-refractivity contribution in [2.45, 2.75) is 32.1 Å². The maximum absolute atomic E-state index is 12.6. The van der Waals surface area contributed by atoms with E-state index in [4.69, 9.17) is 9.72 Å². The van der Waals surface area contributed by atoms with Gasteiger partial charge in [0.25, 0.3) is 0 Å². The molecule has 0 aliphatic heterocycles. The van der Waals surface area contributed by atoms with E-state index < -0.39 is 0 Å². The van der Waals surface area contributed by atoms with E-state index in [1.165, 1.54) is 21.8 Å². The Balaban J connectivity index is 1.47. The molecule has 0 saturated carbocycles. The number of carbonyl (C=O) groups excluding carboxylic acids is 1. The summed E-state index contributed by atoms with van der Waals surface area (Å²) in [5, 5.41) is 8.23. The molecule has 31 heavy (non-hydrogen) atoms. The summed E-state index contributed by atoms with van der Waals surface area (Å²) >= 11 is 3.19. The van der Waals surface area contributed by atoms with Crippen LogP contribution in [0.2, 0.25) is 0 Å². The van der Waals surface area contributed by atoms with E-state index in [0.717, 1.165) is 21.7 Å². The highest BCUT2D eigenvalue weighted by Crippen LogP contribution is 2.32. The lowest BCUT2D eigenvalue weighted by atomic mass is 10.2. The molecule has 4 rings (SSSR count). The molecule has 1 N–H and O–H groups in total. The van der Waals surface area contributed by atoms with E-state index >= 15 is 0 Å². The molecule has 2 aromatic carbocycles. The van der Waals surface area contributed by atoms with E-state index in [2.05, 4.69) is 41.6 Å². The van der Waals surface area contributed by atoms with Gasteiger partial charge in [0, 0.05) is 23.1 Å². The molecule has 8 heteroatoms. The van der Waals surface area contributed by atoms with Crippen molar-refractivity contribution in [3.05, 3.63) is 59.8 Å². The van der Waals surface area contributed by atoms with Crippen LogP contribution in [0.5, 0.6) is 5.75 Å². The number of carbonyl (C=O) groups is 1. The van der Waals surface area contributed by atoms with E-state index in [-0.39, 0.29) is 5.91 Å². The fraction of sp³-hybridized carbons (Fsp3) is 0.261. The molecule has 0 unspecified atom stereocenters.